The first kappa shape index (κ1) is 15.4. The van der Waals surface area contributed by atoms with Gasteiger partial charge in [-0.2, -0.15) is 0 Å². The summed E-state index contributed by atoms with van der Waals surface area (Å²) in [4.78, 5) is 8.67. The zero-order valence-corrected chi connectivity index (χ0v) is 11.4. The van der Waals surface area contributed by atoms with E-state index in [1.807, 2.05) is 34.6 Å². The molecule has 0 unspecified atom stereocenters. The predicted octanol–water partition coefficient (Wildman–Crippen LogP) is 3.88. The molecule has 0 spiro atoms. The van der Waals surface area contributed by atoms with Crippen molar-refractivity contribution in [1.82, 2.24) is 9.97 Å². The van der Waals surface area contributed by atoms with Gasteiger partial charge in [0.25, 0.3) is 0 Å². The van der Waals surface area contributed by atoms with E-state index in [9.17, 15) is 0 Å². The first-order valence-corrected chi connectivity index (χ1v) is 5.88. The normalized spacial score (nSPS) is 9.29. The van der Waals surface area contributed by atoms with Crippen LogP contribution in [0.4, 0.5) is 0 Å². The second-order valence-electron chi connectivity index (χ2n) is 3.46. The van der Waals surface area contributed by atoms with Crippen molar-refractivity contribution in [1.29, 1.82) is 0 Å². The van der Waals surface area contributed by atoms with Crippen LogP contribution in [0.1, 0.15) is 44.8 Å². The minimum atomic E-state index is 0.0882. The van der Waals surface area contributed by atoms with Gasteiger partial charge >= 0.3 is 0 Å². The van der Waals surface area contributed by atoms with Gasteiger partial charge in [-0.25, -0.2) is 9.97 Å². The largest absolute Gasteiger partial charge is 0.474 e. The van der Waals surface area contributed by atoms with Crippen molar-refractivity contribution >= 4 is 12.2 Å². The van der Waals surface area contributed by atoms with Crippen molar-refractivity contribution in [3.05, 3.63) is 30.2 Å². The standard InChI is InChI=1S/C12H16N2O.C2H6/c1-6-10-11(7-2)14-12(9(5)13-10)15-8(3)4;1-2/h6-8H,1-2H2,3-5H3;1-2H3. The van der Waals surface area contributed by atoms with Gasteiger partial charge in [-0.1, -0.05) is 27.0 Å². The molecule has 94 valence electrons. The molecule has 1 aromatic heterocycles. The Morgan fingerprint density at radius 1 is 1.06 bits per heavy atom. The van der Waals surface area contributed by atoms with Crippen molar-refractivity contribution in [2.45, 2.75) is 40.7 Å². The maximum Gasteiger partial charge on any atom is 0.236 e. The number of nitrogens with zero attached hydrogens (tertiary/aromatic N) is 2. The van der Waals surface area contributed by atoms with E-state index >= 15 is 0 Å². The number of ether oxygens (including phenoxy) is 1. The molecule has 0 radical (unpaired) electrons. The van der Waals surface area contributed by atoms with Gasteiger partial charge < -0.3 is 4.74 Å². The molecule has 0 saturated carbocycles. The van der Waals surface area contributed by atoms with Gasteiger partial charge in [0.15, 0.2) is 0 Å². The van der Waals surface area contributed by atoms with Gasteiger partial charge in [0.05, 0.1) is 17.5 Å². The summed E-state index contributed by atoms with van der Waals surface area (Å²) in [5, 5.41) is 0. The summed E-state index contributed by atoms with van der Waals surface area (Å²) in [6, 6.07) is 0. The van der Waals surface area contributed by atoms with Crippen molar-refractivity contribution < 1.29 is 4.74 Å². The second kappa shape index (κ2) is 7.60. The topological polar surface area (TPSA) is 35.0 Å². The Labute approximate surface area is 104 Å². The molecule has 1 rings (SSSR count). The molecule has 0 fully saturated rings. The molecule has 1 heterocycles. The highest BCUT2D eigenvalue weighted by Crippen LogP contribution is 2.18. The van der Waals surface area contributed by atoms with E-state index in [4.69, 9.17) is 4.74 Å². The van der Waals surface area contributed by atoms with Crippen molar-refractivity contribution in [3.63, 3.8) is 0 Å². The summed E-state index contributed by atoms with van der Waals surface area (Å²) < 4.78 is 5.53. The lowest BCUT2D eigenvalue weighted by molar-refractivity contribution is 0.229. The molecule has 0 aliphatic rings. The molecule has 1 aromatic rings. The van der Waals surface area contributed by atoms with E-state index < -0.39 is 0 Å². The first-order valence-electron chi connectivity index (χ1n) is 5.88. The Morgan fingerprint density at radius 3 is 1.94 bits per heavy atom. The molecular formula is C14H22N2O. The highest BCUT2D eigenvalue weighted by atomic mass is 16.5. The minimum absolute atomic E-state index is 0.0882. The Hall–Kier alpha value is -1.64. The number of hydrogen-bond acceptors (Lipinski definition) is 3. The average molecular weight is 234 g/mol. The Morgan fingerprint density at radius 2 is 1.53 bits per heavy atom. The maximum absolute atomic E-state index is 5.53. The highest BCUT2D eigenvalue weighted by molar-refractivity contribution is 5.58. The van der Waals surface area contributed by atoms with Gasteiger partial charge in [0.1, 0.15) is 5.69 Å². The summed E-state index contributed by atoms with van der Waals surface area (Å²) in [5.74, 6) is 0.561. The maximum atomic E-state index is 5.53. The van der Waals surface area contributed by atoms with E-state index in [1.54, 1.807) is 12.2 Å². The number of rotatable bonds is 4. The van der Waals surface area contributed by atoms with Crippen LogP contribution in [-0.2, 0) is 0 Å². The average Bonchev–Trinajstić information content (AvgIpc) is 2.33. The molecule has 3 heteroatoms. The van der Waals surface area contributed by atoms with Gasteiger partial charge in [0.2, 0.25) is 5.88 Å². The van der Waals surface area contributed by atoms with Crippen molar-refractivity contribution in [2.75, 3.05) is 0 Å². The van der Waals surface area contributed by atoms with Crippen LogP contribution in [0.3, 0.4) is 0 Å². The van der Waals surface area contributed by atoms with E-state index in [1.165, 1.54) is 0 Å². The fourth-order valence-electron chi connectivity index (χ4n) is 1.17. The van der Waals surface area contributed by atoms with Crippen LogP contribution in [0.2, 0.25) is 0 Å². The molecule has 0 amide bonds. The van der Waals surface area contributed by atoms with Gasteiger partial charge in [-0.15, -0.1) is 0 Å². The van der Waals surface area contributed by atoms with Crippen LogP contribution in [0, 0.1) is 6.92 Å². The fourth-order valence-corrected chi connectivity index (χ4v) is 1.17. The molecular weight excluding hydrogens is 212 g/mol. The molecule has 17 heavy (non-hydrogen) atoms. The molecule has 0 aliphatic carbocycles. The van der Waals surface area contributed by atoms with Crippen LogP contribution >= 0.6 is 0 Å². The summed E-state index contributed by atoms with van der Waals surface area (Å²) >= 11 is 0. The van der Waals surface area contributed by atoms with Gasteiger partial charge in [0, 0.05) is 0 Å². The molecule has 0 N–H and O–H groups in total. The van der Waals surface area contributed by atoms with Gasteiger partial charge in [-0.05, 0) is 32.9 Å². The van der Waals surface area contributed by atoms with Gasteiger partial charge in [-0.3, -0.25) is 0 Å². The zero-order chi connectivity index (χ0) is 13.4. The zero-order valence-electron chi connectivity index (χ0n) is 11.4. The fraction of sp³-hybridized carbons (Fsp3) is 0.429. The van der Waals surface area contributed by atoms with Crippen molar-refractivity contribution in [2.24, 2.45) is 0 Å². The third-order valence-corrected chi connectivity index (χ3v) is 1.82. The SMILES string of the molecule is C=Cc1nc(C)c(OC(C)C)nc1C=C.CC. The quantitative estimate of drug-likeness (QED) is 0.793. The smallest absolute Gasteiger partial charge is 0.236 e. The van der Waals surface area contributed by atoms with Crippen LogP contribution in [-0.4, -0.2) is 16.1 Å². The van der Waals surface area contributed by atoms with E-state index in [0.29, 0.717) is 11.6 Å². The van der Waals surface area contributed by atoms with Crippen molar-refractivity contribution in [3.8, 4) is 5.88 Å². The Balaban J connectivity index is 0.00000121. The number of aryl methyl sites for hydroxylation is 1. The predicted molar refractivity (Wildman–Crippen MR) is 74.1 cm³/mol. The van der Waals surface area contributed by atoms with Crippen LogP contribution in [0.15, 0.2) is 13.2 Å². The Kier molecular flexibility index (Phi) is 6.87. The molecule has 0 aromatic carbocycles. The number of hydrogen-bond donors (Lipinski definition) is 0. The molecule has 0 bridgehead atoms. The third kappa shape index (κ3) is 4.39. The van der Waals surface area contributed by atoms with Crippen LogP contribution in [0.5, 0.6) is 5.88 Å². The summed E-state index contributed by atoms with van der Waals surface area (Å²) in [7, 11) is 0. The van der Waals surface area contributed by atoms with E-state index in [-0.39, 0.29) is 6.10 Å². The molecule has 0 aliphatic heterocycles. The Bertz CT molecular complexity index is 384. The summed E-state index contributed by atoms with van der Waals surface area (Å²) in [6.07, 6.45) is 3.40. The minimum Gasteiger partial charge on any atom is -0.474 e. The summed E-state index contributed by atoms with van der Waals surface area (Å²) in [5.41, 5.74) is 2.20. The lowest BCUT2D eigenvalue weighted by atomic mass is 10.3. The monoisotopic (exact) mass is 234 g/mol. The lowest BCUT2D eigenvalue weighted by Gasteiger charge is -2.12. The lowest BCUT2D eigenvalue weighted by Crippen LogP contribution is -2.10. The van der Waals surface area contributed by atoms with Crippen LogP contribution < -0.4 is 4.74 Å². The number of aromatic nitrogens is 2. The third-order valence-electron chi connectivity index (χ3n) is 1.82. The van der Waals surface area contributed by atoms with E-state index in [2.05, 4.69) is 23.1 Å². The first-order chi connectivity index (χ1) is 8.08. The molecule has 0 atom stereocenters. The summed E-state index contributed by atoms with van der Waals surface area (Å²) in [6.45, 7) is 17.1. The second-order valence-corrected chi connectivity index (χ2v) is 3.46. The highest BCUT2D eigenvalue weighted by Gasteiger charge is 2.09. The molecule has 3 nitrogen and oxygen atoms in total. The van der Waals surface area contributed by atoms with Crippen LogP contribution in [0.25, 0.3) is 12.2 Å². The van der Waals surface area contributed by atoms with E-state index in [0.717, 1.165) is 11.4 Å². The molecule has 0 saturated heterocycles.